The molecule has 0 saturated carbocycles. The van der Waals surface area contributed by atoms with Gasteiger partial charge in [0.15, 0.2) is 11.5 Å². The molecule has 2 rings (SSSR count). The van der Waals surface area contributed by atoms with E-state index >= 15 is 0 Å². The molecule has 0 amide bonds. The van der Waals surface area contributed by atoms with Crippen molar-refractivity contribution in [3.8, 4) is 11.5 Å². The van der Waals surface area contributed by atoms with E-state index < -0.39 is 11.5 Å². The predicted molar refractivity (Wildman–Crippen MR) is 80.2 cm³/mol. The average Bonchev–Trinajstić information content (AvgIpc) is 2.44. The number of fused-ring (bicyclic) bond motifs is 1. The van der Waals surface area contributed by atoms with Gasteiger partial charge in [0, 0.05) is 6.54 Å². The van der Waals surface area contributed by atoms with Gasteiger partial charge in [-0.25, -0.2) is 0 Å². The number of ether oxygens (including phenoxy) is 2. The Morgan fingerprint density at radius 3 is 2.67 bits per heavy atom. The number of carboxylic acids is 1. The highest BCUT2D eigenvalue weighted by Gasteiger charge is 2.33. The number of rotatable bonds is 5. The summed E-state index contributed by atoms with van der Waals surface area (Å²) in [4.78, 5) is 13.3. The van der Waals surface area contributed by atoms with Crippen LogP contribution in [-0.4, -0.2) is 41.3 Å². The maximum atomic E-state index is 11.4. The fourth-order valence-corrected chi connectivity index (χ4v) is 2.60. The van der Waals surface area contributed by atoms with Gasteiger partial charge in [-0.1, -0.05) is 18.5 Å². The Bertz CT molecular complexity index is 545. The quantitative estimate of drug-likeness (QED) is 0.906. The average molecular weight is 314 g/mol. The molecule has 0 aliphatic carbocycles. The number of aliphatic carboxylic acids is 1. The summed E-state index contributed by atoms with van der Waals surface area (Å²) in [6.45, 7) is 7.39. The molecule has 1 aliphatic heterocycles. The Morgan fingerprint density at radius 2 is 2.05 bits per heavy atom. The van der Waals surface area contributed by atoms with Crippen molar-refractivity contribution in [1.82, 2.24) is 4.90 Å². The molecular formula is C15H20ClNO4. The first-order valence-electron chi connectivity index (χ1n) is 6.92. The molecule has 0 atom stereocenters. The minimum absolute atomic E-state index is 0.478. The van der Waals surface area contributed by atoms with Crippen LogP contribution in [0.1, 0.15) is 26.3 Å². The van der Waals surface area contributed by atoms with Crippen LogP contribution in [0.3, 0.4) is 0 Å². The largest absolute Gasteiger partial charge is 0.486 e. The van der Waals surface area contributed by atoms with Gasteiger partial charge in [-0.2, -0.15) is 0 Å². The molecule has 0 fully saturated rings. The summed E-state index contributed by atoms with van der Waals surface area (Å²) in [5, 5.41) is 9.85. The minimum Gasteiger partial charge on any atom is -0.486 e. The molecule has 21 heavy (non-hydrogen) atoms. The Balaban J connectivity index is 2.26. The predicted octanol–water partition coefficient (Wildman–Crippen LogP) is 2.80. The number of benzene rings is 1. The molecule has 0 saturated heterocycles. The SMILES string of the molecule is CCN(Cc1cc(Cl)c2c(c1)OCCO2)C(C)(C)C(=O)O. The zero-order valence-electron chi connectivity index (χ0n) is 12.5. The number of carbonyl (C=O) groups is 1. The smallest absolute Gasteiger partial charge is 0.323 e. The van der Waals surface area contributed by atoms with E-state index in [2.05, 4.69) is 0 Å². The van der Waals surface area contributed by atoms with Gasteiger partial charge in [-0.15, -0.1) is 0 Å². The van der Waals surface area contributed by atoms with Gasteiger partial charge in [0.05, 0.1) is 5.02 Å². The highest BCUT2D eigenvalue weighted by atomic mass is 35.5. The fraction of sp³-hybridized carbons (Fsp3) is 0.533. The number of hydrogen-bond donors (Lipinski definition) is 1. The van der Waals surface area contributed by atoms with Crippen LogP contribution in [0.15, 0.2) is 12.1 Å². The lowest BCUT2D eigenvalue weighted by Crippen LogP contribution is -2.49. The Morgan fingerprint density at radius 1 is 1.38 bits per heavy atom. The molecular weight excluding hydrogens is 294 g/mol. The van der Waals surface area contributed by atoms with Crippen molar-refractivity contribution in [2.75, 3.05) is 19.8 Å². The summed E-state index contributed by atoms with van der Waals surface area (Å²) >= 11 is 6.21. The second kappa shape index (κ2) is 6.12. The van der Waals surface area contributed by atoms with Crippen LogP contribution in [0.2, 0.25) is 5.02 Å². The summed E-state index contributed by atoms with van der Waals surface area (Å²) in [6.07, 6.45) is 0. The number of hydrogen-bond acceptors (Lipinski definition) is 4. The third kappa shape index (κ3) is 3.24. The molecule has 0 aromatic heterocycles. The van der Waals surface area contributed by atoms with E-state index in [0.29, 0.717) is 42.8 Å². The third-order valence-corrected chi connectivity index (χ3v) is 4.01. The van der Waals surface area contributed by atoms with Gasteiger partial charge in [0.2, 0.25) is 0 Å². The van der Waals surface area contributed by atoms with E-state index in [-0.39, 0.29) is 0 Å². The zero-order valence-corrected chi connectivity index (χ0v) is 13.2. The molecule has 0 spiro atoms. The van der Waals surface area contributed by atoms with Crippen LogP contribution in [0.5, 0.6) is 11.5 Å². The summed E-state index contributed by atoms with van der Waals surface area (Å²) in [5.74, 6) is 0.327. The highest BCUT2D eigenvalue weighted by molar-refractivity contribution is 6.32. The zero-order chi connectivity index (χ0) is 15.6. The summed E-state index contributed by atoms with van der Waals surface area (Å²) in [6, 6.07) is 3.66. The Labute approximate surface area is 129 Å². The molecule has 5 nitrogen and oxygen atoms in total. The van der Waals surface area contributed by atoms with Crippen molar-refractivity contribution in [3.63, 3.8) is 0 Å². The van der Waals surface area contributed by atoms with Crippen LogP contribution >= 0.6 is 11.6 Å². The van der Waals surface area contributed by atoms with Crippen LogP contribution in [0.4, 0.5) is 0 Å². The molecule has 0 bridgehead atoms. The van der Waals surface area contributed by atoms with Gasteiger partial charge in [0.25, 0.3) is 0 Å². The standard InChI is InChI=1S/C15H20ClNO4/c1-4-17(15(2,3)14(18)19)9-10-7-11(16)13-12(8-10)20-5-6-21-13/h7-8H,4-6,9H2,1-3H3,(H,18,19). The molecule has 1 aliphatic rings. The molecule has 116 valence electrons. The maximum Gasteiger partial charge on any atom is 0.323 e. The molecule has 1 aromatic rings. The number of likely N-dealkylation sites (N-methyl/N-ethyl adjacent to an activating group) is 1. The van der Waals surface area contributed by atoms with Crippen molar-refractivity contribution in [2.24, 2.45) is 0 Å². The van der Waals surface area contributed by atoms with E-state index in [4.69, 9.17) is 21.1 Å². The second-order valence-corrected chi connectivity index (χ2v) is 5.89. The van der Waals surface area contributed by atoms with Crippen molar-refractivity contribution >= 4 is 17.6 Å². The highest BCUT2D eigenvalue weighted by Crippen LogP contribution is 2.38. The Kier molecular flexibility index (Phi) is 4.64. The van der Waals surface area contributed by atoms with Gasteiger partial charge in [0.1, 0.15) is 18.8 Å². The third-order valence-electron chi connectivity index (χ3n) is 3.73. The van der Waals surface area contributed by atoms with Crippen molar-refractivity contribution in [2.45, 2.75) is 32.9 Å². The van der Waals surface area contributed by atoms with Crippen molar-refractivity contribution < 1.29 is 19.4 Å². The van der Waals surface area contributed by atoms with Gasteiger partial charge < -0.3 is 14.6 Å². The van der Waals surface area contributed by atoms with Crippen LogP contribution < -0.4 is 9.47 Å². The van der Waals surface area contributed by atoms with E-state index in [1.54, 1.807) is 19.9 Å². The molecule has 1 aromatic carbocycles. The Hall–Kier alpha value is -1.46. The first-order valence-corrected chi connectivity index (χ1v) is 7.30. The maximum absolute atomic E-state index is 11.4. The normalized spacial score (nSPS) is 14.3. The topological polar surface area (TPSA) is 59.0 Å². The fourth-order valence-electron chi connectivity index (χ4n) is 2.32. The van der Waals surface area contributed by atoms with Crippen LogP contribution in [0.25, 0.3) is 0 Å². The van der Waals surface area contributed by atoms with Gasteiger partial charge in [-0.3, -0.25) is 9.69 Å². The molecule has 1 heterocycles. The second-order valence-electron chi connectivity index (χ2n) is 5.48. The number of halogens is 1. The monoisotopic (exact) mass is 313 g/mol. The summed E-state index contributed by atoms with van der Waals surface area (Å²) < 4.78 is 11.0. The van der Waals surface area contributed by atoms with Crippen molar-refractivity contribution in [1.29, 1.82) is 0 Å². The summed E-state index contributed by atoms with van der Waals surface area (Å²) in [5.41, 5.74) is -0.0467. The first-order chi connectivity index (χ1) is 9.86. The lowest BCUT2D eigenvalue weighted by molar-refractivity contribution is -0.149. The van der Waals surface area contributed by atoms with E-state index in [1.165, 1.54) is 0 Å². The summed E-state index contributed by atoms with van der Waals surface area (Å²) in [7, 11) is 0. The van der Waals surface area contributed by atoms with Gasteiger partial charge >= 0.3 is 5.97 Å². The van der Waals surface area contributed by atoms with E-state index in [9.17, 15) is 9.90 Å². The first kappa shape index (κ1) is 15.9. The van der Waals surface area contributed by atoms with Crippen LogP contribution in [0, 0.1) is 0 Å². The van der Waals surface area contributed by atoms with Crippen LogP contribution in [-0.2, 0) is 11.3 Å². The lowest BCUT2D eigenvalue weighted by Gasteiger charge is -2.34. The molecule has 0 radical (unpaired) electrons. The number of nitrogens with zero attached hydrogens (tertiary/aromatic N) is 1. The molecule has 6 heteroatoms. The van der Waals surface area contributed by atoms with E-state index in [0.717, 1.165) is 5.56 Å². The van der Waals surface area contributed by atoms with E-state index in [1.807, 2.05) is 17.9 Å². The lowest BCUT2D eigenvalue weighted by atomic mass is 10.0. The van der Waals surface area contributed by atoms with Crippen molar-refractivity contribution in [3.05, 3.63) is 22.7 Å². The molecule has 0 unspecified atom stereocenters. The molecule has 1 N–H and O–H groups in total. The number of carboxylic acid groups (broad SMARTS) is 1. The van der Waals surface area contributed by atoms with Gasteiger partial charge in [-0.05, 0) is 38.1 Å². The minimum atomic E-state index is -0.950.